The minimum atomic E-state index is -0.253. The number of aliphatic imine (C=N–C) groups is 1. The zero-order valence-corrected chi connectivity index (χ0v) is 13.5. The standard InChI is InChI=1S/C19H21N3O2/c1-2-7-20-17(6-1)16(13-18-21-8-9-22-18)14-4-3-5-15(12-14)19-23-10-11-24-19/h1-7,12,16,19H,8-11,13H2,(H,21,22). The fraction of sp³-hybridized carbons (Fsp3) is 0.368. The molecular weight excluding hydrogens is 302 g/mol. The molecule has 1 fully saturated rings. The van der Waals surface area contributed by atoms with Crippen LogP contribution in [0.4, 0.5) is 0 Å². The van der Waals surface area contributed by atoms with Crippen LogP contribution in [0.1, 0.15) is 35.4 Å². The van der Waals surface area contributed by atoms with Crippen LogP contribution in [0.3, 0.4) is 0 Å². The highest BCUT2D eigenvalue weighted by atomic mass is 16.7. The van der Waals surface area contributed by atoms with E-state index in [1.54, 1.807) is 0 Å². The molecule has 0 saturated carbocycles. The average Bonchev–Trinajstić information content (AvgIpc) is 3.34. The Hall–Kier alpha value is -2.24. The summed E-state index contributed by atoms with van der Waals surface area (Å²) in [7, 11) is 0. The predicted octanol–water partition coefficient (Wildman–Crippen LogP) is 2.65. The molecule has 2 aliphatic rings. The Morgan fingerprint density at radius 1 is 1.12 bits per heavy atom. The topological polar surface area (TPSA) is 55.7 Å². The molecule has 0 radical (unpaired) electrons. The third kappa shape index (κ3) is 3.32. The molecule has 1 aromatic heterocycles. The molecule has 2 aliphatic heterocycles. The maximum Gasteiger partial charge on any atom is 0.184 e. The van der Waals surface area contributed by atoms with Gasteiger partial charge in [-0.15, -0.1) is 0 Å². The zero-order chi connectivity index (χ0) is 16.2. The molecule has 0 aliphatic carbocycles. The molecule has 0 spiro atoms. The second kappa shape index (κ2) is 7.11. The normalized spacial score (nSPS) is 19.1. The maximum absolute atomic E-state index is 5.64. The monoisotopic (exact) mass is 323 g/mol. The van der Waals surface area contributed by atoms with Crippen molar-refractivity contribution >= 4 is 5.84 Å². The number of benzene rings is 1. The van der Waals surface area contributed by atoms with Gasteiger partial charge in [-0.2, -0.15) is 0 Å². The van der Waals surface area contributed by atoms with E-state index in [0.29, 0.717) is 13.2 Å². The lowest BCUT2D eigenvalue weighted by Gasteiger charge is -2.19. The van der Waals surface area contributed by atoms with Gasteiger partial charge in [-0.25, -0.2) is 0 Å². The molecule has 1 N–H and O–H groups in total. The lowest BCUT2D eigenvalue weighted by molar-refractivity contribution is -0.0441. The Morgan fingerprint density at radius 3 is 2.79 bits per heavy atom. The SMILES string of the molecule is c1ccc(C(CC2=NCCN2)c2cccc(C3OCCO3)c2)nc1. The van der Waals surface area contributed by atoms with Crippen molar-refractivity contribution in [2.45, 2.75) is 18.6 Å². The van der Waals surface area contributed by atoms with E-state index < -0.39 is 0 Å². The van der Waals surface area contributed by atoms with Crippen LogP contribution in [-0.2, 0) is 9.47 Å². The fourth-order valence-electron chi connectivity index (χ4n) is 3.23. The van der Waals surface area contributed by atoms with E-state index in [4.69, 9.17) is 9.47 Å². The van der Waals surface area contributed by atoms with Gasteiger partial charge in [0.15, 0.2) is 6.29 Å². The molecule has 5 nitrogen and oxygen atoms in total. The van der Waals surface area contributed by atoms with Crippen molar-refractivity contribution in [1.82, 2.24) is 10.3 Å². The van der Waals surface area contributed by atoms with Crippen LogP contribution in [0.5, 0.6) is 0 Å². The molecule has 1 saturated heterocycles. The minimum absolute atomic E-state index is 0.164. The third-order valence-corrected chi connectivity index (χ3v) is 4.39. The Balaban J connectivity index is 1.66. The van der Waals surface area contributed by atoms with Crippen molar-refractivity contribution in [1.29, 1.82) is 0 Å². The molecule has 2 aromatic rings. The molecule has 5 heteroatoms. The van der Waals surface area contributed by atoms with Gasteiger partial charge in [-0.3, -0.25) is 9.98 Å². The van der Waals surface area contributed by atoms with Crippen LogP contribution < -0.4 is 5.32 Å². The Kier molecular flexibility index (Phi) is 4.53. The van der Waals surface area contributed by atoms with E-state index in [9.17, 15) is 0 Å². The van der Waals surface area contributed by atoms with Crippen LogP contribution >= 0.6 is 0 Å². The summed E-state index contributed by atoms with van der Waals surface area (Å²) >= 11 is 0. The Labute approximate surface area is 141 Å². The van der Waals surface area contributed by atoms with E-state index in [0.717, 1.165) is 36.6 Å². The molecular formula is C19H21N3O2. The summed E-state index contributed by atoms with van der Waals surface area (Å²) in [6, 6.07) is 14.5. The molecule has 0 bridgehead atoms. The average molecular weight is 323 g/mol. The largest absolute Gasteiger partial charge is 0.372 e. The number of amidine groups is 1. The number of pyridine rings is 1. The van der Waals surface area contributed by atoms with Crippen molar-refractivity contribution in [3.05, 3.63) is 65.5 Å². The number of ether oxygens (including phenoxy) is 2. The van der Waals surface area contributed by atoms with Crippen molar-refractivity contribution < 1.29 is 9.47 Å². The van der Waals surface area contributed by atoms with Gasteiger partial charge in [0.05, 0.1) is 25.6 Å². The summed E-state index contributed by atoms with van der Waals surface area (Å²) in [5, 5.41) is 3.37. The maximum atomic E-state index is 5.64. The Bertz CT molecular complexity index is 712. The van der Waals surface area contributed by atoms with Crippen molar-refractivity contribution in [3.8, 4) is 0 Å². The van der Waals surface area contributed by atoms with Gasteiger partial charge in [0, 0.05) is 36.3 Å². The lowest BCUT2D eigenvalue weighted by atomic mass is 9.90. The summed E-state index contributed by atoms with van der Waals surface area (Å²) in [5.74, 6) is 1.22. The number of hydrogen-bond acceptors (Lipinski definition) is 5. The highest BCUT2D eigenvalue weighted by molar-refractivity contribution is 5.84. The number of nitrogens with zero attached hydrogens (tertiary/aromatic N) is 2. The zero-order valence-electron chi connectivity index (χ0n) is 13.5. The van der Waals surface area contributed by atoms with Crippen LogP contribution in [0.25, 0.3) is 0 Å². The van der Waals surface area contributed by atoms with Gasteiger partial charge in [0.1, 0.15) is 0 Å². The third-order valence-electron chi connectivity index (χ3n) is 4.39. The molecule has 4 rings (SSSR count). The van der Waals surface area contributed by atoms with E-state index in [1.165, 1.54) is 5.56 Å². The summed E-state index contributed by atoms with van der Waals surface area (Å²) in [4.78, 5) is 9.13. The van der Waals surface area contributed by atoms with Gasteiger partial charge in [0.25, 0.3) is 0 Å². The summed E-state index contributed by atoms with van der Waals surface area (Å²) < 4.78 is 11.3. The van der Waals surface area contributed by atoms with E-state index in [2.05, 4.69) is 45.6 Å². The van der Waals surface area contributed by atoms with Gasteiger partial charge >= 0.3 is 0 Å². The number of hydrogen-bond donors (Lipinski definition) is 1. The lowest BCUT2D eigenvalue weighted by Crippen LogP contribution is -2.21. The number of aromatic nitrogens is 1. The Morgan fingerprint density at radius 2 is 2.04 bits per heavy atom. The number of nitrogens with one attached hydrogen (secondary N) is 1. The highest BCUT2D eigenvalue weighted by Gasteiger charge is 2.23. The minimum Gasteiger partial charge on any atom is -0.372 e. The quantitative estimate of drug-likeness (QED) is 0.919. The fourth-order valence-corrected chi connectivity index (χ4v) is 3.23. The molecule has 1 atom stereocenters. The van der Waals surface area contributed by atoms with Crippen LogP contribution in [0.15, 0.2) is 53.7 Å². The van der Waals surface area contributed by atoms with E-state index in [1.807, 2.05) is 18.3 Å². The highest BCUT2D eigenvalue weighted by Crippen LogP contribution is 2.31. The molecule has 1 aromatic carbocycles. The first-order valence-corrected chi connectivity index (χ1v) is 8.41. The second-order valence-corrected chi connectivity index (χ2v) is 6.01. The summed E-state index contributed by atoms with van der Waals surface area (Å²) in [6.07, 6.45) is 2.42. The molecule has 24 heavy (non-hydrogen) atoms. The number of rotatable bonds is 5. The van der Waals surface area contributed by atoms with Gasteiger partial charge < -0.3 is 14.8 Å². The van der Waals surface area contributed by atoms with Crippen molar-refractivity contribution in [2.24, 2.45) is 4.99 Å². The van der Waals surface area contributed by atoms with E-state index >= 15 is 0 Å². The molecule has 124 valence electrons. The first kappa shape index (κ1) is 15.3. The van der Waals surface area contributed by atoms with Gasteiger partial charge in [-0.05, 0) is 17.7 Å². The predicted molar refractivity (Wildman–Crippen MR) is 92.1 cm³/mol. The smallest absolute Gasteiger partial charge is 0.184 e. The van der Waals surface area contributed by atoms with E-state index in [-0.39, 0.29) is 12.2 Å². The molecule has 1 unspecified atom stereocenters. The van der Waals surface area contributed by atoms with Gasteiger partial charge in [0.2, 0.25) is 0 Å². The summed E-state index contributed by atoms with van der Waals surface area (Å²) in [6.45, 7) is 3.08. The van der Waals surface area contributed by atoms with Crippen molar-refractivity contribution in [3.63, 3.8) is 0 Å². The first-order chi connectivity index (χ1) is 11.9. The second-order valence-electron chi connectivity index (χ2n) is 6.01. The van der Waals surface area contributed by atoms with Crippen LogP contribution in [-0.4, -0.2) is 37.1 Å². The molecule has 3 heterocycles. The van der Waals surface area contributed by atoms with Gasteiger partial charge in [-0.1, -0.05) is 30.3 Å². The van der Waals surface area contributed by atoms with Crippen molar-refractivity contribution in [2.75, 3.05) is 26.3 Å². The molecule has 0 amide bonds. The van der Waals surface area contributed by atoms with Crippen LogP contribution in [0.2, 0.25) is 0 Å². The first-order valence-electron chi connectivity index (χ1n) is 8.41. The summed E-state index contributed by atoms with van der Waals surface area (Å²) in [5.41, 5.74) is 3.33. The van der Waals surface area contributed by atoms with Crippen LogP contribution in [0, 0.1) is 0 Å².